The van der Waals surface area contributed by atoms with E-state index < -0.39 is 0 Å². The summed E-state index contributed by atoms with van der Waals surface area (Å²) in [4.78, 5) is 14.6. The molecule has 0 unspecified atom stereocenters. The van der Waals surface area contributed by atoms with Crippen LogP contribution in [0.2, 0.25) is 0 Å². The van der Waals surface area contributed by atoms with Gasteiger partial charge in [0.15, 0.2) is 0 Å². The zero-order valence-electron chi connectivity index (χ0n) is 35.8. The average Bonchev–Trinajstić information content (AvgIpc) is 4.16. The molecule has 0 saturated heterocycles. The molecule has 15 aromatic rings. The Morgan fingerprint density at radius 2 is 1.09 bits per heavy atom. The van der Waals surface area contributed by atoms with Gasteiger partial charge in [-0.3, -0.25) is 9.97 Å². The van der Waals surface area contributed by atoms with Gasteiger partial charge in [0.05, 0.1) is 66.7 Å². The summed E-state index contributed by atoms with van der Waals surface area (Å²) in [6.07, 6.45) is 3.74. The smallest absolute Gasteiger partial charge is 0.220 e. The minimum Gasteiger partial charge on any atom is -0.455 e. The van der Waals surface area contributed by atoms with E-state index in [1.54, 1.807) is 11.3 Å². The number of hydrogen-bond donors (Lipinski definition) is 0. The molecule has 8 heteroatoms. The van der Waals surface area contributed by atoms with E-state index in [1.165, 1.54) is 10.1 Å². The molecule has 0 aliphatic heterocycles. The molecule has 0 amide bonds. The van der Waals surface area contributed by atoms with Gasteiger partial charge in [-0.2, -0.15) is 5.26 Å². The van der Waals surface area contributed by atoms with Crippen molar-refractivity contribution in [2.45, 2.75) is 0 Å². The summed E-state index contributed by atoms with van der Waals surface area (Å²) < 4.78 is 13.7. The van der Waals surface area contributed by atoms with Crippen molar-refractivity contribution in [2.24, 2.45) is 0 Å². The van der Waals surface area contributed by atoms with Crippen molar-refractivity contribution in [1.82, 2.24) is 19.1 Å². The van der Waals surface area contributed by atoms with E-state index in [-0.39, 0.29) is 0 Å². The lowest BCUT2D eigenvalue weighted by Gasteiger charge is -2.25. The number of furan rings is 1. The predicted octanol–water partition coefficient (Wildman–Crippen LogP) is 16.4. The van der Waals surface area contributed by atoms with Crippen LogP contribution in [-0.4, -0.2) is 19.1 Å². The fourth-order valence-corrected chi connectivity index (χ4v) is 12.6. The number of nitrogens with zero attached hydrogens (tertiary/aromatic N) is 6. The van der Waals surface area contributed by atoms with Crippen LogP contribution in [-0.2, 0) is 0 Å². The summed E-state index contributed by atoms with van der Waals surface area (Å²) in [5.74, 6) is 0. The molecule has 0 spiro atoms. The van der Waals surface area contributed by atoms with Crippen molar-refractivity contribution in [3.63, 3.8) is 0 Å². The number of benzene rings is 9. The molecule has 0 radical (unpaired) electrons. The van der Waals surface area contributed by atoms with E-state index in [9.17, 15) is 11.8 Å². The number of aromatic nitrogens is 4. The van der Waals surface area contributed by atoms with E-state index in [2.05, 4.69) is 117 Å². The van der Waals surface area contributed by atoms with E-state index in [0.29, 0.717) is 28.2 Å². The fraction of sp³-hybridized carbons (Fsp3) is 0. The second-order valence-corrected chi connectivity index (χ2v) is 18.4. The molecule has 0 bridgehead atoms. The van der Waals surface area contributed by atoms with Crippen molar-refractivity contribution < 1.29 is 4.42 Å². The van der Waals surface area contributed by atoms with E-state index in [0.717, 1.165) is 114 Å². The molecule has 312 valence electrons. The van der Waals surface area contributed by atoms with Crippen molar-refractivity contribution >= 4 is 125 Å². The summed E-state index contributed by atoms with van der Waals surface area (Å²) >= 11 is 1.76. The third-order valence-corrected chi connectivity index (χ3v) is 15.2. The Hall–Kier alpha value is -9.34. The van der Waals surface area contributed by atoms with Gasteiger partial charge < -0.3 is 13.6 Å². The highest BCUT2D eigenvalue weighted by atomic mass is 32.1. The summed E-state index contributed by atoms with van der Waals surface area (Å²) in [5.41, 5.74) is 12.0. The van der Waals surface area contributed by atoms with Crippen LogP contribution in [0.1, 0.15) is 5.56 Å². The van der Waals surface area contributed by atoms with Crippen LogP contribution < -0.4 is 0 Å². The molecule has 0 atom stereocenters. The number of fused-ring (bicyclic) bond motifs is 14. The topological polar surface area (TPSA) is 76.9 Å². The van der Waals surface area contributed by atoms with Gasteiger partial charge >= 0.3 is 0 Å². The highest BCUT2D eigenvalue weighted by Gasteiger charge is 2.33. The standard InChI is InChI=1S/C60H30N6OS/c1-62-55-48(33-14-4-2-5-15-33)42(32-61)56(49(34-16-6-3-7-17-34)58(55)65-44-28-30-63-53-37-20-8-9-21-38(37)54-52(51(44)53)45(65)29-31-64-54)66-43-27-26-39-35-18-10-12-22-46(35)67-59(39)50(43)41-25-24-40-36-19-11-13-23-47(36)68-60(40)57(41)66/h2-31H. The SMILES string of the molecule is [C-]#[N+]c1c(-c2ccccc2)c(C#N)c(-n2c3ccc4c5ccccc5oc4c3c3ccc4c5ccccc5sc4c32)c(-c2ccccc2)c1-n1c2ccnc3c4ccccc4c4nccc1c4c32. The lowest BCUT2D eigenvalue weighted by atomic mass is 9.88. The maximum absolute atomic E-state index is 12.0. The Bertz CT molecular complexity index is 4670. The van der Waals surface area contributed by atoms with E-state index in [4.69, 9.17) is 14.4 Å². The second kappa shape index (κ2) is 13.6. The summed E-state index contributed by atoms with van der Waals surface area (Å²) in [6, 6.07) is 61.0. The number of hydrogen-bond acceptors (Lipinski definition) is 5. The maximum Gasteiger partial charge on any atom is 0.220 e. The van der Waals surface area contributed by atoms with Crippen molar-refractivity contribution in [3.8, 4) is 39.7 Å². The molecule has 0 aliphatic rings. The third kappa shape index (κ3) is 4.68. The second-order valence-electron chi connectivity index (χ2n) is 17.3. The molecule has 6 heterocycles. The van der Waals surface area contributed by atoms with Gasteiger partial charge in [-0.05, 0) is 47.5 Å². The van der Waals surface area contributed by atoms with E-state index >= 15 is 0 Å². The maximum atomic E-state index is 12.0. The minimum absolute atomic E-state index is 0.370. The van der Waals surface area contributed by atoms with Gasteiger partial charge in [0.1, 0.15) is 17.2 Å². The fourth-order valence-electron chi connectivity index (χ4n) is 11.4. The van der Waals surface area contributed by atoms with Gasteiger partial charge in [-0.15, -0.1) is 11.3 Å². The van der Waals surface area contributed by atoms with Crippen molar-refractivity contribution in [2.75, 3.05) is 0 Å². The number of pyridine rings is 2. The lowest BCUT2D eigenvalue weighted by Crippen LogP contribution is -2.08. The molecule has 0 saturated carbocycles. The zero-order valence-corrected chi connectivity index (χ0v) is 36.6. The van der Waals surface area contributed by atoms with Gasteiger partial charge in [-0.25, -0.2) is 4.85 Å². The minimum atomic E-state index is 0.370. The van der Waals surface area contributed by atoms with Crippen molar-refractivity contribution in [3.05, 3.63) is 199 Å². The van der Waals surface area contributed by atoms with Gasteiger partial charge in [0.25, 0.3) is 0 Å². The average molecular weight is 883 g/mol. The van der Waals surface area contributed by atoms with Gasteiger partial charge in [0, 0.05) is 76.7 Å². The first-order valence-corrected chi connectivity index (χ1v) is 23.2. The van der Waals surface area contributed by atoms with E-state index in [1.807, 2.05) is 85.2 Å². The van der Waals surface area contributed by atoms with Crippen LogP contribution in [0, 0.1) is 17.9 Å². The molecule has 0 fully saturated rings. The highest BCUT2D eigenvalue weighted by molar-refractivity contribution is 7.26. The van der Waals surface area contributed by atoms with Gasteiger partial charge in [-0.1, -0.05) is 133 Å². The Morgan fingerprint density at radius 3 is 1.76 bits per heavy atom. The third-order valence-electron chi connectivity index (χ3n) is 14.0. The van der Waals surface area contributed by atoms with Crippen LogP contribution in [0.3, 0.4) is 0 Å². The Labute approximate surface area is 390 Å². The molecule has 0 aliphatic carbocycles. The molecular formula is C60H30N6OS. The summed E-state index contributed by atoms with van der Waals surface area (Å²) in [7, 11) is 0. The monoisotopic (exact) mass is 882 g/mol. The molecule has 6 aromatic heterocycles. The molecule has 15 rings (SSSR count). The Morgan fingerprint density at radius 1 is 0.515 bits per heavy atom. The molecule has 9 aromatic carbocycles. The van der Waals surface area contributed by atoms with Crippen molar-refractivity contribution in [1.29, 1.82) is 5.26 Å². The molecular weight excluding hydrogens is 853 g/mol. The summed E-state index contributed by atoms with van der Waals surface area (Å²) in [5, 5.41) is 22.3. The largest absolute Gasteiger partial charge is 0.455 e. The van der Waals surface area contributed by atoms with Crippen LogP contribution in [0.25, 0.3) is 146 Å². The molecule has 7 nitrogen and oxygen atoms in total. The number of para-hydroxylation sites is 1. The number of rotatable bonds is 4. The van der Waals surface area contributed by atoms with Crippen LogP contribution in [0.5, 0.6) is 0 Å². The number of nitriles is 1. The van der Waals surface area contributed by atoms with Crippen LogP contribution >= 0.6 is 11.3 Å². The Balaban J connectivity index is 1.25. The highest BCUT2D eigenvalue weighted by Crippen LogP contribution is 2.55. The zero-order chi connectivity index (χ0) is 44.8. The molecule has 68 heavy (non-hydrogen) atoms. The first-order chi connectivity index (χ1) is 33.7. The normalized spacial score (nSPS) is 12.1. The Kier molecular flexibility index (Phi) is 7.39. The predicted molar refractivity (Wildman–Crippen MR) is 279 cm³/mol. The molecule has 0 N–H and O–H groups in total. The first-order valence-electron chi connectivity index (χ1n) is 22.4. The van der Waals surface area contributed by atoms with Crippen LogP contribution in [0.4, 0.5) is 5.69 Å². The van der Waals surface area contributed by atoms with Crippen LogP contribution in [0.15, 0.2) is 187 Å². The number of thiophene rings is 1. The first kappa shape index (κ1) is 36.9. The lowest BCUT2D eigenvalue weighted by molar-refractivity contribution is 0.673. The summed E-state index contributed by atoms with van der Waals surface area (Å²) in [6.45, 7) is 9.31. The quantitative estimate of drug-likeness (QED) is 0.130. The van der Waals surface area contributed by atoms with Gasteiger partial charge in [0.2, 0.25) is 5.69 Å².